The van der Waals surface area contributed by atoms with Gasteiger partial charge in [-0.15, -0.1) is 11.3 Å². The molecule has 1 aromatic heterocycles. The lowest BCUT2D eigenvalue weighted by atomic mass is 9.97. The molecule has 1 fully saturated rings. The Hall–Kier alpha value is -3.08. The Balaban J connectivity index is 1.47. The molecule has 1 saturated heterocycles. The van der Waals surface area contributed by atoms with Crippen molar-refractivity contribution < 1.29 is 18.0 Å². The number of benzene rings is 2. The van der Waals surface area contributed by atoms with E-state index >= 15 is 0 Å². The average molecular weight is 499 g/mol. The number of nitrogens with zero attached hydrogens (tertiary/aromatic N) is 2. The predicted octanol–water partition coefficient (Wildman–Crippen LogP) is 2.91. The van der Waals surface area contributed by atoms with Gasteiger partial charge in [-0.05, 0) is 30.5 Å². The van der Waals surface area contributed by atoms with Crippen LogP contribution in [0.3, 0.4) is 0 Å². The van der Waals surface area contributed by atoms with Crippen LogP contribution >= 0.6 is 11.3 Å². The SMILES string of the molecule is O=C(N[C@@H](Cc1ccccc1)C(=O)Nc1nccs1)[C@@H]1CCCN(S(=O)(=O)c2ccccc2)C1. The molecule has 3 aromatic rings. The molecule has 2 N–H and O–H groups in total. The zero-order valence-electron chi connectivity index (χ0n) is 18.5. The predicted molar refractivity (Wildman–Crippen MR) is 131 cm³/mol. The Morgan fingerprint density at radius 3 is 2.47 bits per heavy atom. The molecule has 0 spiro atoms. The van der Waals surface area contributed by atoms with Crippen molar-refractivity contribution in [3.63, 3.8) is 0 Å². The summed E-state index contributed by atoms with van der Waals surface area (Å²) in [6.07, 6.45) is 3.02. The first-order valence-corrected chi connectivity index (χ1v) is 13.4. The van der Waals surface area contributed by atoms with Crippen LogP contribution in [0.1, 0.15) is 18.4 Å². The van der Waals surface area contributed by atoms with Gasteiger partial charge in [-0.25, -0.2) is 13.4 Å². The van der Waals surface area contributed by atoms with Crippen LogP contribution in [0.2, 0.25) is 0 Å². The first-order valence-electron chi connectivity index (χ1n) is 11.0. The summed E-state index contributed by atoms with van der Waals surface area (Å²) in [6.45, 7) is 0.439. The molecule has 0 unspecified atom stereocenters. The number of amides is 2. The topological polar surface area (TPSA) is 108 Å². The van der Waals surface area contributed by atoms with Crippen molar-refractivity contribution >= 4 is 38.3 Å². The molecule has 178 valence electrons. The zero-order valence-corrected chi connectivity index (χ0v) is 20.1. The normalized spacial score (nSPS) is 17.6. The van der Waals surface area contributed by atoms with E-state index in [1.54, 1.807) is 41.9 Å². The van der Waals surface area contributed by atoms with Crippen LogP contribution in [-0.2, 0) is 26.0 Å². The molecule has 2 atom stereocenters. The molecule has 1 aliphatic rings. The molecule has 2 heterocycles. The number of anilines is 1. The van der Waals surface area contributed by atoms with Gasteiger partial charge in [0.05, 0.1) is 10.8 Å². The van der Waals surface area contributed by atoms with Gasteiger partial charge in [-0.2, -0.15) is 4.31 Å². The van der Waals surface area contributed by atoms with Gasteiger partial charge >= 0.3 is 0 Å². The van der Waals surface area contributed by atoms with Gasteiger partial charge in [-0.3, -0.25) is 9.59 Å². The lowest BCUT2D eigenvalue weighted by Crippen LogP contribution is -2.51. The van der Waals surface area contributed by atoms with Crippen molar-refractivity contribution in [2.45, 2.75) is 30.2 Å². The van der Waals surface area contributed by atoms with Crippen LogP contribution in [-0.4, -0.2) is 48.7 Å². The van der Waals surface area contributed by atoms with Crippen LogP contribution < -0.4 is 10.6 Å². The molecule has 0 bridgehead atoms. The first kappa shape index (κ1) is 24.1. The fraction of sp³-hybridized carbons (Fsp3) is 0.292. The van der Waals surface area contributed by atoms with Crippen molar-refractivity contribution in [3.05, 3.63) is 77.8 Å². The summed E-state index contributed by atoms with van der Waals surface area (Å²) >= 11 is 1.29. The summed E-state index contributed by atoms with van der Waals surface area (Å²) < 4.78 is 27.4. The Labute approximate surface area is 203 Å². The van der Waals surface area contributed by atoms with Crippen LogP contribution in [0.15, 0.2) is 77.1 Å². The Morgan fingerprint density at radius 2 is 1.79 bits per heavy atom. The number of hydrogen-bond acceptors (Lipinski definition) is 6. The minimum atomic E-state index is -3.69. The highest BCUT2D eigenvalue weighted by Gasteiger charge is 2.34. The largest absolute Gasteiger partial charge is 0.344 e. The molecule has 8 nitrogen and oxygen atoms in total. The number of sulfonamides is 1. The maximum Gasteiger partial charge on any atom is 0.249 e. The standard InChI is InChI=1S/C24H26N4O4S2/c29-22(19-10-7-14-28(17-19)34(31,32)20-11-5-2-6-12-20)26-21(16-18-8-3-1-4-9-18)23(30)27-24-25-13-15-33-24/h1-6,8-9,11-13,15,19,21H,7,10,14,16-17H2,(H,26,29)(H,25,27,30)/t19-,21+/m1/s1. The molecule has 0 aliphatic carbocycles. The number of piperidine rings is 1. The van der Waals surface area contributed by atoms with Crippen LogP contribution in [0.25, 0.3) is 0 Å². The third-order valence-corrected chi connectivity index (χ3v) is 8.28. The fourth-order valence-corrected chi connectivity index (χ4v) is 6.02. The quantitative estimate of drug-likeness (QED) is 0.497. The van der Waals surface area contributed by atoms with E-state index in [1.165, 1.54) is 15.6 Å². The van der Waals surface area contributed by atoms with E-state index in [0.29, 0.717) is 30.9 Å². The lowest BCUT2D eigenvalue weighted by molar-refractivity contribution is -0.130. The van der Waals surface area contributed by atoms with Crippen molar-refractivity contribution in [2.24, 2.45) is 5.92 Å². The fourth-order valence-electron chi connectivity index (χ4n) is 3.94. The number of rotatable bonds is 8. The maximum absolute atomic E-state index is 13.2. The van der Waals surface area contributed by atoms with E-state index in [-0.39, 0.29) is 23.3 Å². The minimum absolute atomic E-state index is 0.0786. The highest BCUT2D eigenvalue weighted by atomic mass is 32.2. The molecule has 10 heteroatoms. The van der Waals surface area contributed by atoms with Crippen LogP contribution in [0, 0.1) is 5.92 Å². The van der Waals surface area contributed by atoms with E-state index in [1.807, 2.05) is 30.3 Å². The van der Waals surface area contributed by atoms with E-state index in [0.717, 1.165) is 5.56 Å². The average Bonchev–Trinajstić information content (AvgIpc) is 3.38. The van der Waals surface area contributed by atoms with Gasteiger partial charge in [0, 0.05) is 31.1 Å². The Kier molecular flexibility index (Phi) is 7.71. The minimum Gasteiger partial charge on any atom is -0.344 e. The molecular formula is C24H26N4O4S2. The zero-order chi connectivity index (χ0) is 24.0. The van der Waals surface area contributed by atoms with Crippen molar-refractivity contribution in [1.29, 1.82) is 0 Å². The lowest BCUT2D eigenvalue weighted by Gasteiger charge is -2.32. The number of nitrogens with one attached hydrogen (secondary N) is 2. The van der Waals surface area contributed by atoms with Crippen molar-refractivity contribution in [1.82, 2.24) is 14.6 Å². The number of carbonyl (C=O) groups is 2. The van der Waals surface area contributed by atoms with Crippen molar-refractivity contribution in [3.8, 4) is 0 Å². The number of carbonyl (C=O) groups excluding carboxylic acids is 2. The molecule has 1 aliphatic heterocycles. The van der Waals surface area contributed by atoms with Gasteiger partial charge in [0.15, 0.2) is 5.13 Å². The van der Waals surface area contributed by atoms with Gasteiger partial charge in [0.2, 0.25) is 21.8 Å². The third-order valence-electron chi connectivity index (χ3n) is 5.71. The molecule has 2 aromatic carbocycles. The van der Waals surface area contributed by atoms with E-state index in [4.69, 9.17) is 0 Å². The van der Waals surface area contributed by atoms with E-state index in [9.17, 15) is 18.0 Å². The molecule has 0 radical (unpaired) electrons. The Bertz CT molecular complexity index is 1200. The molecule has 4 rings (SSSR count). The Morgan fingerprint density at radius 1 is 1.09 bits per heavy atom. The number of thiazole rings is 1. The molecule has 0 saturated carbocycles. The second-order valence-electron chi connectivity index (χ2n) is 8.09. The summed E-state index contributed by atoms with van der Waals surface area (Å²) in [4.78, 5) is 30.5. The summed E-state index contributed by atoms with van der Waals surface area (Å²) in [5.41, 5.74) is 0.902. The van der Waals surface area contributed by atoms with E-state index in [2.05, 4.69) is 15.6 Å². The molecular weight excluding hydrogens is 472 g/mol. The molecule has 34 heavy (non-hydrogen) atoms. The van der Waals surface area contributed by atoms with Crippen LogP contribution in [0.5, 0.6) is 0 Å². The maximum atomic E-state index is 13.2. The second kappa shape index (κ2) is 10.9. The smallest absolute Gasteiger partial charge is 0.249 e. The highest BCUT2D eigenvalue weighted by molar-refractivity contribution is 7.89. The van der Waals surface area contributed by atoms with E-state index < -0.39 is 22.0 Å². The second-order valence-corrected chi connectivity index (χ2v) is 10.9. The summed E-state index contributed by atoms with van der Waals surface area (Å²) in [7, 11) is -3.69. The van der Waals surface area contributed by atoms with Gasteiger partial charge in [-0.1, -0.05) is 48.5 Å². The summed E-state index contributed by atoms with van der Waals surface area (Å²) in [5.74, 6) is -1.24. The van der Waals surface area contributed by atoms with Crippen LogP contribution in [0.4, 0.5) is 5.13 Å². The van der Waals surface area contributed by atoms with Gasteiger partial charge in [0.1, 0.15) is 6.04 Å². The summed E-state index contributed by atoms with van der Waals surface area (Å²) in [6, 6.07) is 16.8. The summed E-state index contributed by atoms with van der Waals surface area (Å²) in [5, 5.41) is 7.82. The first-order chi connectivity index (χ1) is 16.4. The number of aromatic nitrogens is 1. The van der Waals surface area contributed by atoms with Gasteiger partial charge < -0.3 is 10.6 Å². The van der Waals surface area contributed by atoms with Crippen molar-refractivity contribution in [2.75, 3.05) is 18.4 Å². The molecule has 2 amide bonds. The van der Waals surface area contributed by atoms with Gasteiger partial charge in [0.25, 0.3) is 0 Å². The monoisotopic (exact) mass is 498 g/mol. The number of hydrogen-bond donors (Lipinski definition) is 2. The highest BCUT2D eigenvalue weighted by Crippen LogP contribution is 2.24. The third kappa shape index (κ3) is 5.88.